The van der Waals surface area contributed by atoms with Gasteiger partial charge in [-0.05, 0) is 12.5 Å². The summed E-state index contributed by atoms with van der Waals surface area (Å²) in [7, 11) is 0. The van der Waals surface area contributed by atoms with Crippen molar-refractivity contribution < 1.29 is 9.53 Å². The Morgan fingerprint density at radius 3 is 1.88 bits per heavy atom. The number of benzene rings is 1. The van der Waals surface area contributed by atoms with E-state index in [9.17, 15) is 4.79 Å². The third kappa shape index (κ3) is 9.15. The van der Waals surface area contributed by atoms with Crippen LogP contribution in [-0.4, -0.2) is 5.97 Å². The molecule has 0 amide bonds. The normalized spacial score (nSPS) is 10.8. The van der Waals surface area contributed by atoms with Gasteiger partial charge in [0.2, 0.25) is 0 Å². The molecule has 2 nitrogen and oxygen atoms in total. The molecule has 0 aliphatic heterocycles. The molecule has 1 aromatic rings. The third-order valence-electron chi connectivity index (χ3n) is 3.93. The van der Waals surface area contributed by atoms with E-state index in [1.54, 1.807) is 0 Å². The molecule has 1 rings (SSSR count). The van der Waals surface area contributed by atoms with E-state index >= 15 is 0 Å². The summed E-state index contributed by atoms with van der Waals surface area (Å²) in [5.74, 6) is -0.0157. The standard InChI is InChI=1S/C19H27Cl3O2/c1-2-3-4-5-6-7-8-9-10-11-12-19(23)24-18-14-16(21)15(20)13-17(18)22/h13-14H,2-12H2,1H3. The number of rotatable bonds is 12. The molecule has 0 saturated carbocycles. The molecule has 0 atom stereocenters. The van der Waals surface area contributed by atoms with E-state index in [0.29, 0.717) is 21.5 Å². The summed E-state index contributed by atoms with van der Waals surface area (Å²) in [6.45, 7) is 2.24. The zero-order valence-corrected chi connectivity index (χ0v) is 16.7. The minimum absolute atomic E-state index is 0.267. The van der Waals surface area contributed by atoms with E-state index in [4.69, 9.17) is 39.5 Å². The van der Waals surface area contributed by atoms with Crippen LogP contribution in [-0.2, 0) is 4.79 Å². The quantitative estimate of drug-likeness (QED) is 0.156. The molecule has 0 aromatic heterocycles. The molecule has 0 aliphatic rings. The van der Waals surface area contributed by atoms with Gasteiger partial charge in [0, 0.05) is 12.5 Å². The molecule has 0 radical (unpaired) electrons. The lowest BCUT2D eigenvalue weighted by Gasteiger charge is -2.07. The molecule has 136 valence electrons. The van der Waals surface area contributed by atoms with Crippen LogP contribution in [0.3, 0.4) is 0 Å². The molecule has 0 aliphatic carbocycles. The summed E-state index contributed by atoms with van der Waals surface area (Å²) in [5.41, 5.74) is 0. The fourth-order valence-electron chi connectivity index (χ4n) is 2.51. The summed E-state index contributed by atoms with van der Waals surface area (Å²) in [6.07, 6.45) is 12.7. The van der Waals surface area contributed by atoms with Crippen molar-refractivity contribution in [2.24, 2.45) is 0 Å². The van der Waals surface area contributed by atoms with Crippen LogP contribution in [0.4, 0.5) is 0 Å². The highest BCUT2D eigenvalue weighted by Crippen LogP contribution is 2.34. The number of carbonyl (C=O) groups excluding carboxylic acids is 1. The Morgan fingerprint density at radius 1 is 0.792 bits per heavy atom. The SMILES string of the molecule is CCCCCCCCCCCCC(=O)Oc1cc(Cl)c(Cl)cc1Cl. The molecule has 5 heteroatoms. The highest BCUT2D eigenvalue weighted by Gasteiger charge is 2.11. The van der Waals surface area contributed by atoms with Gasteiger partial charge in [0.1, 0.15) is 0 Å². The number of halogens is 3. The lowest BCUT2D eigenvalue weighted by atomic mass is 10.1. The van der Waals surface area contributed by atoms with Crippen molar-refractivity contribution in [3.8, 4) is 5.75 Å². The summed E-state index contributed by atoms with van der Waals surface area (Å²) >= 11 is 17.7. The summed E-state index contributed by atoms with van der Waals surface area (Å²) in [5, 5.41) is 0.958. The van der Waals surface area contributed by atoms with Crippen LogP contribution >= 0.6 is 34.8 Å². The first kappa shape index (κ1) is 21.6. The molecule has 0 unspecified atom stereocenters. The van der Waals surface area contributed by atoms with Crippen molar-refractivity contribution in [3.05, 3.63) is 27.2 Å². The molecule has 0 heterocycles. The molecule has 0 N–H and O–H groups in total. The van der Waals surface area contributed by atoms with Gasteiger partial charge < -0.3 is 4.74 Å². The van der Waals surface area contributed by atoms with Gasteiger partial charge in [-0.1, -0.05) is 99.5 Å². The Morgan fingerprint density at radius 2 is 1.29 bits per heavy atom. The molecule has 1 aromatic carbocycles. The van der Waals surface area contributed by atoms with E-state index in [2.05, 4.69) is 6.92 Å². The molecular formula is C19H27Cl3O2. The van der Waals surface area contributed by atoms with Crippen molar-refractivity contribution in [1.29, 1.82) is 0 Å². The second-order valence-electron chi connectivity index (χ2n) is 6.10. The van der Waals surface area contributed by atoms with E-state index in [-0.39, 0.29) is 11.7 Å². The average molecular weight is 394 g/mol. The average Bonchev–Trinajstić information content (AvgIpc) is 2.54. The summed E-state index contributed by atoms with van der Waals surface area (Å²) in [6, 6.07) is 2.96. The predicted molar refractivity (Wildman–Crippen MR) is 104 cm³/mol. The van der Waals surface area contributed by atoms with Crippen molar-refractivity contribution in [2.45, 2.75) is 77.6 Å². The predicted octanol–water partition coefficient (Wildman–Crippen LogP) is 7.86. The van der Waals surface area contributed by atoms with Crippen LogP contribution in [0.5, 0.6) is 5.75 Å². The molecule has 0 spiro atoms. The molecule has 0 fully saturated rings. The van der Waals surface area contributed by atoms with E-state index < -0.39 is 0 Å². The van der Waals surface area contributed by atoms with Gasteiger partial charge in [-0.2, -0.15) is 0 Å². The van der Waals surface area contributed by atoms with Crippen LogP contribution in [0.2, 0.25) is 15.1 Å². The van der Waals surface area contributed by atoms with Gasteiger partial charge in [0.25, 0.3) is 0 Å². The van der Waals surface area contributed by atoms with Crippen LogP contribution in [0.25, 0.3) is 0 Å². The fourth-order valence-corrected chi connectivity index (χ4v) is 3.09. The largest absolute Gasteiger partial charge is 0.425 e. The Kier molecular flexibility index (Phi) is 11.6. The van der Waals surface area contributed by atoms with Crippen LogP contribution in [0.1, 0.15) is 77.6 Å². The zero-order valence-electron chi connectivity index (χ0n) is 14.4. The number of hydrogen-bond donors (Lipinski definition) is 0. The van der Waals surface area contributed by atoms with Gasteiger partial charge >= 0.3 is 5.97 Å². The first-order valence-electron chi connectivity index (χ1n) is 8.89. The van der Waals surface area contributed by atoms with Crippen molar-refractivity contribution >= 4 is 40.8 Å². The Labute approximate surface area is 160 Å². The number of unbranched alkanes of at least 4 members (excludes halogenated alkanes) is 9. The lowest BCUT2D eigenvalue weighted by Crippen LogP contribution is -2.07. The van der Waals surface area contributed by atoms with Crippen molar-refractivity contribution in [1.82, 2.24) is 0 Å². The number of hydrogen-bond acceptors (Lipinski definition) is 2. The Bertz CT molecular complexity index is 504. The number of carbonyl (C=O) groups is 1. The summed E-state index contributed by atoms with van der Waals surface area (Å²) < 4.78 is 5.25. The maximum Gasteiger partial charge on any atom is 0.311 e. The smallest absolute Gasteiger partial charge is 0.311 e. The summed E-state index contributed by atoms with van der Waals surface area (Å²) in [4.78, 5) is 11.8. The highest BCUT2D eigenvalue weighted by atomic mass is 35.5. The van der Waals surface area contributed by atoms with E-state index in [1.165, 1.54) is 63.5 Å². The van der Waals surface area contributed by atoms with Gasteiger partial charge in [-0.15, -0.1) is 0 Å². The zero-order chi connectivity index (χ0) is 17.8. The maximum absolute atomic E-state index is 11.8. The topological polar surface area (TPSA) is 26.3 Å². The first-order valence-corrected chi connectivity index (χ1v) is 10.0. The van der Waals surface area contributed by atoms with E-state index in [1.807, 2.05) is 0 Å². The van der Waals surface area contributed by atoms with Crippen LogP contribution in [0.15, 0.2) is 12.1 Å². The van der Waals surface area contributed by atoms with Crippen molar-refractivity contribution in [3.63, 3.8) is 0 Å². The highest BCUT2D eigenvalue weighted by molar-refractivity contribution is 6.43. The van der Waals surface area contributed by atoms with Crippen LogP contribution < -0.4 is 4.74 Å². The second-order valence-corrected chi connectivity index (χ2v) is 7.32. The van der Waals surface area contributed by atoms with Gasteiger partial charge in [0.05, 0.1) is 15.1 Å². The fraction of sp³-hybridized carbons (Fsp3) is 0.632. The van der Waals surface area contributed by atoms with Gasteiger partial charge in [0.15, 0.2) is 5.75 Å². The molecule has 0 bridgehead atoms. The maximum atomic E-state index is 11.8. The lowest BCUT2D eigenvalue weighted by molar-refractivity contribution is -0.134. The molecule has 0 saturated heterocycles. The number of esters is 1. The van der Waals surface area contributed by atoms with E-state index in [0.717, 1.165) is 12.8 Å². The van der Waals surface area contributed by atoms with Crippen LogP contribution in [0, 0.1) is 0 Å². The number of ether oxygens (including phenoxy) is 1. The second kappa shape index (κ2) is 12.9. The minimum Gasteiger partial charge on any atom is -0.425 e. The monoisotopic (exact) mass is 392 g/mol. The minimum atomic E-state index is -0.283. The Hall–Kier alpha value is -0.440. The molecular weight excluding hydrogens is 367 g/mol. The third-order valence-corrected chi connectivity index (χ3v) is 4.95. The van der Waals surface area contributed by atoms with Crippen molar-refractivity contribution in [2.75, 3.05) is 0 Å². The first-order chi connectivity index (χ1) is 11.5. The van der Waals surface area contributed by atoms with Gasteiger partial charge in [-0.3, -0.25) is 4.79 Å². The van der Waals surface area contributed by atoms with Gasteiger partial charge in [-0.25, -0.2) is 0 Å². The Balaban J connectivity index is 2.09. The molecule has 24 heavy (non-hydrogen) atoms.